The zero-order chi connectivity index (χ0) is 9.68. The predicted octanol–water partition coefficient (Wildman–Crippen LogP) is 0.781. The molecule has 1 rings (SSSR count). The van der Waals surface area contributed by atoms with E-state index in [9.17, 15) is 9.90 Å². The summed E-state index contributed by atoms with van der Waals surface area (Å²) in [5.74, 6) is -0.823. The van der Waals surface area contributed by atoms with E-state index in [2.05, 4.69) is 0 Å². The maximum absolute atomic E-state index is 10.2. The van der Waals surface area contributed by atoms with E-state index in [1.54, 1.807) is 0 Å². The lowest BCUT2D eigenvalue weighted by molar-refractivity contribution is -0.139. The summed E-state index contributed by atoms with van der Waals surface area (Å²) in [5.41, 5.74) is 0. The van der Waals surface area contributed by atoms with Crippen LogP contribution in [-0.4, -0.2) is 35.0 Å². The lowest BCUT2D eigenvalue weighted by Crippen LogP contribution is -2.25. The smallest absolute Gasteiger partial charge is 0.305 e. The van der Waals surface area contributed by atoms with E-state index in [1.807, 2.05) is 0 Å². The molecule has 0 saturated heterocycles. The van der Waals surface area contributed by atoms with Gasteiger partial charge >= 0.3 is 5.97 Å². The van der Waals surface area contributed by atoms with E-state index in [-0.39, 0.29) is 25.2 Å². The molecule has 0 bridgehead atoms. The molecule has 0 unspecified atom stereocenters. The molecular weight excluding hydrogens is 172 g/mol. The van der Waals surface area contributed by atoms with Gasteiger partial charge in [0.1, 0.15) is 0 Å². The summed E-state index contributed by atoms with van der Waals surface area (Å²) in [6, 6.07) is 0. The van der Waals surface area contributed by atoms with Crippen LogP contribution in [0.15, 0.2) is 0 Å². The van der Waals surface area contributed by atoms with Gasteiger partial charge in [0.05, 0.1) is 25.2 Å². The van der Waals surface area contributed by atoms with Crippen molar-refractivity contribution >= 4 is 5.97 Å². The fourth-order valence-corrected chi connectivity index (χ4v) is 1.52. The first kappa shape index (κ1) is 10.5. The number of ether oxygens (including phenoxy) is 1. The number of hydrogen-bond acceptors (Lipinski definition) is 3. The quantitative estimate of drug-likeness (QED) is 0.684. The molecule has 1 aliphatic rings. The van der Waals surface area contributed by atoms with Gasteiger partial charge in [-0.15, -0.1) is 0 Å². The van der Waals surface area contributed by atoms with E-state index >= 15 is 0 Å². The highest BCUT2D eigenvalue weighted by molar-refractivity contribution is 5.66. The standard InChI is InChI=1S/C9H16O4/c10-7-1-3-8(4-2-7)13-6-5-9(11)12/h7-8,10H,1-6H2,(H,11,12). The van der Waals surface area contributed by atoms with Crippen LogP contribution in [0.4, 0.5) is 0 Å². The molecule has 0 heterocycles. The molecule has 1 saturated carbocycles. The Bertz CT molecular complexity index is 161. The number of carboxylic acid groups (broad SMARTS) is 1. The van der Waals surface area contributed by atoms with Crippen LogP contribution in [0.5, 0.6) is 0 Å². The van der Waals surface area contributed by atoms with Crippen LogP contribution in [0.2, 0.25) is 0 Å². The van der Waals surface area contributed by atoms with Crippen molar-refractivity contribution in [3.63, 3.8) is 0 Å². The number of aliphatic hydroxyl groups is 1. The van der Waals surface area contributed by atoms with E-state index in [1.165, 1.54) is 0 Å². The lowest BCUT2D eigenvalue weighted by Gasteiger charge is -2.25. The Kier molecular flexibility index (Phi) is 4.18. The normalized spacial score (nSPS) is 28.7. The molecular formula is C9H16O4. The Labute approximate surface area is 77.5 Å². The molecule has 2 N–H and O–H groups in total. The minimum absolute atomic E-state index is 0.0685. The summed E-state index contributed by atoms with van der Waals surface area (Å²) < 4.78 is 5.35. The van der Waals surface area contributed by atoms with Crippen molar-refractivity contribution in [2.45, 2.75) is 44.3 Å². The second-order valence-electron chi connectivity index (χ2n) is 3.45. The summed E-state index contributed by atoms with van der Waals surface area (Å²) in [7, 11) is 0. The number of carbonyl (C=O) groups is 1. The van der Waals surface area contributed by atoms with Gasteiger partial charge in [-0.05, 0) is 25.7 Å². The van der Waals surface area contributed by atoms with Crippen molar-refractivity contribution in [3.8, 4) is 0 Å². The summed E-state index contributed by atoms with van der Waals surface area (Å²) in [5, 5.41) is 17.6. The fraction of sp³-hybridized carbons (Fsp3) is 0.889. The van der Waals surface area contributed by atoms with Gasteiger partial charge in [-0.1, -0.05) is 0 Å². The molecule has 0 amide bonds. The van der Waals surface area contributed by atoms with Gasteiger partial charge in [-0.2, -0.15) is 0 Å². The highest BCUT2D eigenvalue weighted by Gasteiger charge is 2.19. The molecule has 0 aromatic carbocycles. The topological polar surface area (TPSA) is 66.8 Å². The Morgan fingerprint density at radius 2 is 1.92 bits per heavy atom. The van der Waals surface area contributed by atoms with E-state index in [0.717, 1.165) is 25.7 Å². The number of aliphatic hydroxyl groups excluding tert-OH is 1. The highest BCUT2D eigenvalue weighted by Crippen LogP contribution is 2.20. The van der Waals surface area contributed by atoms with Gasteiger partial charge in [0, 0.05) is 0 Å². The molecule has 0 spiro atoms. The minimum Gasteiger partial charge on any atom is -0.481 e. The van der Waals surface area contributed by atoms with Crippen molar-refractivity contribution in [2.75, 3.05) is 6.61 Å². The molecule has 4 heteroatoms. The maximum Gasteiger partial charge on any atom is 0.305 e. The maximum atomic E-state index is 10.2. The zero-order valence-corrected chi connectivity index (χ0v) is 7.61. The largest absolute Gasteiger partial charge is 0.481 e. The second-order valence-corrected chi connectivity index (χ2v) is 3.45. The first-order valence-electron chi connectivity index (χ1n) is 4.70. The summed E-state index contributed by atoms with van der Waals surface area (Å²) in [6.07, 6.45) is 3.29. The lowest BCUT2D eigenvalue weighted by atomic mass is 9.95. The predicted molar refractivity (Wildman–Crippen MR) is 46.5 cm³/mol. The van der Waals surface area contributed by atoms with Gasteiger partial charge in [0.2, 0.25) is 0 Å². The average molecular weight is 188 g/mol. The Morgan fingerprint density at radius 1 is 1.31 bits per heavy atom. The molecule has 0 aromatic heterocycles. The van der Waals surface area contributed by atoms with Crippen LogP contribution in [0, 0.1) is 0 Å². The summed E-state index contributed by atoms with van der Waals surface area (Å²) in [6.45, 7) is 0.288. The van der Waals surface area contributed by atoms with Crippen LogP contribution in [0.3, 0.4) is 0 Å². The SMILES string of the molecule is O=C(O)CCOC1CCC(O)CC1. The molecule has 0 atom stereocenters. The van der Waals surface area contributed by atoms with Crippen molar-refractivity contribution < 1.29 is 19.7 Å². The van der Waals surface area contributed by atoms with Crippen molar-refractivity contribution in [1.29, 1.82) is 0 Å². The van der Waals surface area contributed by atoms with Crippen molar-refractivity contribution in [1.82, 2.24) is 0 Å². The van der Waals surface area contributed by atoms with Gasteiger partial charge in [0.15, 0.2) is 0 Å². The number of hydrogen-bond donors (Lipinski definition) is 2. The monoisotopic (exact) mass is 188 g/mol. The fourth-order valence-electron chi connectivity index (χ4n) is 1.52. The van der Waals surface area contributed by atoms with Crippen LogP contribution in [0.25, 0.3) is 0 Å². The molecule has 0 aromatic rings. The molecule has 76 valence electrons. The molecule has 0 aliphatic heterocycles. The number of aliphatic carboxylic acids is 1. The highest BCUT2D eigenvalue weighted by atomic mass is 16.5. The third-order valence-corrected chi connectivity index (χ3v) is 2.31. The second kappa shape index (κ2) is 5.19. The average Bonchev–Trinajstić information content (AvgIpc) is 2.08. The van der Waals surface area contributed by atoms with Crippen LogP contribution in [0.1, 0.15) is 32.1 Å². The Hall–Kier alpha value is -0.610. The van der Waals surface area contributed by atoms with Crippen LogP contribution < -0.4 is 0 Å². The van der Waals surface area contributed by atoms with E-state index in [4.69, 9.17) is 9.84 Å². The van der Waals surface area contributed by atoms with Crippen molar-refractivity contribution in [3.05, 3.63) is 0 Å². The first-order valence-corrected chi connectivity index (χ1v) is 4.70. The van der Waals surface area contributed by atoms with Gasteiger partial charge in [-0.25, -0.2) is 0 Å². The molecule has 13 heavy (non-hydrogen) atoms. The van der Waals surface area contributed by atoms with Crippen LogP contribution >= 0.6 is 0 Å². The summed E-state index contributed by atoms with van der Waals surface area (Å²) >= 11 is 0. The first-order chi connectivity index (χ1) is 6.18. The number of rotatable bonds is 4. The Balaban J connectivity index is 2.05. The third kappa shape index (κ3) is 4.24. The third-order valence-electron chi connectivity index (χ3n) is 2.31. The van der Waals surface area contributed by atoms with Crippen molar-refractivity contribution in [2.24, 2.45) is 0 Å². The van der Waals surface area contributed by atoms with Gasteiger partial charge in [-0.3, -0.25) is 4.79 Å². The molecule has 0 radical (unpaired) electrons. The number of carboxylic acids is 1. The zero-order valence-electron chi connectivity index (χ0n) is 7.61. The van der Waals surface area contributed by atoms with Gasteiger partial charge < -0.3 is 14.9 Å². The summed E-state index contributed by atoms with van der Waals surface area (Å²) in [4.78, 5) is 10.2. The molecule has 4 nitrogen and oxygen atoms in total. The molecule has 1 fully saturated rings. The van der Waals surface area contributed by atoms with Gasteiger partial charge in [0.25, 0.3) is 0 Å². The Morgan fingerprint density at radius 3 is 2.46 bits per heavy atom. The minimum atomic E-state index is -0.823. The van der Waals surface area contributed by atoms with E-state index < -0.39 is 5.97 Å². The van der Waals surface area contributed by atoms with Crippen LogP contribution in [-0.2, 0) is 9.53 Å². The van der Waals surface area contributed by atoms with E-state index in [0.29, 0.717) is 0 Å². The molecule has 1 aliphatic carbocycles.